The summed E-state index contributed by atoms with van der Waals surface area (Å²) >= 11 is 0. The first-order chi connectivity index (χ1) is 17.7. The minimum absolute atomic E-state index is 0.0867. The number of β-amino-alcohol motifs (C(OH)–C–C–N with tert-alkyl or cyclic N) is 1. The fraction of sp³-hybridized carbons (Fsp3) is 0.812. The van der Waals surface area contributed by atoms with Crippen LogP contribution in [0.5, 0.6) is 5.75 Å². The molecule has 8 atom stereocenters. The Hall–Kier alpha value is -1.14. The van der Waals surface area contributed by atoms with Gasteiger partial charge >= 0.3 is 0 Å². The van der Waals surface area contributed by atoms with Gasteiger partial charge in [0.15, 0.2) is 0 Å². The van der Waals surface area contributed by atoms with Crippen molar-refractivity contribution in [3.8, 4) is 5.75 Å². The predicted octanol–water partition coefficient (Wildman–Crippen LogP) is 4.95. The zero-order valence-electron chi connectivity index (χ0n) is 23.5. The number of methoxy groups -OCH3 is 1. The average Bonchev–Trinajstić information content (AvgIpc) is 3.20. The Bertz CT molecular complexity index is 963. The molecule has 5 heteroatoms. The molecule has 0 spiro atoms. The second-order valence-electron chi connectivity index (χ2n) is 14.1. The molecule has 6 rings (SSSR count). The zero-order valence-corrected chi connectivity index (χ0v) is 23.5. The molecule has 1 aromatic rings. The number of aliphatic hydroxyl groups is 2. The molecule has 1 saturated heterocycles. The van der Waals surface area contributed by atoms with Gasteiger partial charge in [0.1, 0.15) is 5.75 Å². The second-order valence-corrected chi connectivity index (χ2v) is 14.1. The van der Waals surface area contributed by atoms with Crippen LogP contribution in [-0.2, 0) is 6.54 Å². The molecule has 0 radical (unpaired) electrons. The summed E-state index contributed by atoms with van der Waals surface area (Å²) in [5, 5.41) is 22.6. The Balaban J connectivity index is 1.04. The molecule has 1 aromatic carbocycles. The lowest BCUT2D eigenvalue weighted by Gasteiger charge is -2.62. The van der Waals surface area contributed by atoms with Crippen molar-refractivity contribution in [1.29, 1.82) is 0 Å². The minimum atomic E-state index is -0.529. The van der Waals surface area contributed by atoms with Gasteiger partial charge in [-0.2, -0.15) is 0 Å². The molecule has 2 N–H and O–H groups in total. The number of rotatable bonds is 5. The fourth-order valence-electron chi connectivity index (χ4n) is 9.99. The van der Waals surface area contributed by atoms with Crippen molar-refractivity contribution in [2.24, 2.45) is 34.5 Å². The van der Waals surface area contributed by atoms with E-state index in [2.05, 4.69) is 41.8 Å². The van der Waals surface area contributed by atoms with Gasteiger partial charge in [-0.3, -0.25) is 9.80 Å². The Labute approximate surface area is 224 Å². The van der Waals surface area contributed by atoms with Crippen LogP contribution in [0.3, 0.4) is 0 Å². The van der Waals surface area contributed by atoms with Crippen LogP contribution in [0.15, 0.2) is 24.3 Å². The molecule has 206 valence electrons. The molecule has 4 saturated carbocycles. The van der Waals surface area contributed by atoms with Crippen molar-refractivity contribution in [3.05, 3.63) is 29.8 Å². The highest BCUT2D eigenvalue weighted by Crippen LogP contribution is 2.66. The summed E-state index contributed by atoms with van der Waals surface area (Å²) in [6.45, 7) is 11.0. The van der Waals surface area contributed by atoms with E-state index < -0.39 is 5.60 Å². The van der Waals surface area contributed by atoms with Crippen LogP contribution in [0.2, 0.25) is 0 Å². The molecule has 1 aliphatic heterocycles. The van der Waals surface area contributed by atoms with E-state index in [1.54, 1.807) is 7.11 Å². The summed E-state index contributed by atoms with van der Waals surface area (Å²) in [6.07, 6.45) is 10.4. The maximum absolute atomic E-state index is 11.9. The highest BCUT2D eigenvalue weighted by atomic mass is 16.5. The van der Waals surface area contributed by atoms with Crippen LogP contribution in [0.25, 0.3) is 0 Å². The van der Waals surface area contributed by atoms with E-state index in [9.17, 15) is 10.2 Å². The van der Waals surface area contributed by atoms with Crippen LogP contribution in [0.1, 0.15) is 77.2 Å². The van der Waals surface area contributed by atoms with Gasteiger partial charge < -0.3 is 14.9 Å². The maximum atomic E-state index is 11.9. The number of hydrogen-bond donors (Lipinski definition) is 2. The molecular formula is C32H50N2O3. The molecule has 37 heavy (non-hydrogen) atoms. The third kappa shape index (κ3) is 4.66. The van der Waals surface area contributed by atoms with Gasteiger partial charge in [-0.1, -0.05) is 26.0 Å². The van der Waals surface area contributed by atoms with Gasteiger partial charge in [-0.15, -0.1) is 0 Å². The lowest BCUT2D eigenvalue weighted by molar-refractivity contribution is -0.159. The second kappa shape index (κ2) is 9.80. The summed E-state index contributed by atoms with van der Waals surface area (Å²) in [6, 6.07) is 8.42. The van der Waals surface area contributed by atoms with Crippen LogP contribution >= 0.6 is 0 Å². The quantitative estimate of drug-likeness (QED) is 0.587. The van der Waals surface area contributed by atoms with Crippen molar-refractivity contribution < 1.29 is 14.9 Å². The molecule has 4 aliphatic carbocycles. The van der Waals surface area contributed by atoms with Crippen molar-refractivity contribution in [1.82, 2.24) is 9.80 Å². The van der Waals surface area contributed by atoms with Gasteiger partial charge in [0.05, 0.1) is 18.8 Å². The first-order valence-corrected chi connectivity index (χ1v) is 15.2. The van der Waals surface area contributed by atoms with E-state index in [-0.39, 0.29) is 11.5 Å². The maximum Gasteiger partial charge on any atom is 0.119 e. The van der Waals surface area contributed by atoms with Crippen molar-refractivity contribution in [3.63, 3.8) is 0 Å². The summed E-state index contributed by atoms with van der Waals surface area (Å²) in [5.41, 5.74) is 1.32. The number of nitrogens with zero attached hydrogens (tertiary/aromatic N) is 2. The number of hydrogen-bond acceptors (Lipinski definition) is 5. The molecule has 0 unspecified atom stereocenters. The van der Waals surface area contributed by atoms with Crippen molar-refractivity contribution in [2.45, 2.75) is 89.9 Å². The normalized spacial score (nSPS) is 44.6. The van der Waals surface area contributed by atoms with Crippen LogP contribution < -0.4 is 4.74 Å². The van der Waals surface area contributed by atoms with E-state index in [1.807, 2.05) is 6.07 Å². The lowest BCUT2D eigenvalue weighted by Crippen LogP contribution is -2.59. The number of ether oxygens (including phenoxy) is 1. The Kier molecular flexibility index (Phi) is 6.91. The van der Waals surface area contributed by atoms with Crippen LogP contribution in [0, 0.1) is 34.5 Å². The number of benzene rings is 1. The third-order valence-corrected chi connectivity index (χ3v) is 12.3. The Morgan fingerprint density at radius 1 is 0.892 bits per heavy atom. The molecular weight excluding hydrogens is 460 g/mol. The summed E-state index contributed by atoms with van der Waals surface area (Å²) in [7, 11) is 1.73. The highest BCUT2D eigenvalue weighted by Gasteiger charge is 2.61. The Morgan fingerprint density at radius 3 is 2.43 bits per heavy atom. The largest absolute Gasteiger partial charge is 0.497 e. The fourth-order valence-corrected chi connectivity index (χ4v) is 9.99. The van der Waals surface area contributed by atoms with Gasteiger partial charge in [0.2, 0.25) is 0 Å². The third-order valence-electron chi connectivity index (χ3n) is 12.3. The van der Waals surface area contributed by atoms with E-state index in [0.717, 1.165) is 76.1 Å². The number of fused-ring (bicyclic) bond motifs is 5. The number of piperazine rings is 1. The van der Waals surface area contributed by atoms with Gasteiger partial charge in [0.25, 0.3) is 0 Å². The van der Waals surface area contributed by atoms with Gasteiger partial charge in [-0.05, 0) is 110 Å². The van der Waals surface area contributed by atoms with Gasteiger partial charge in [-0.25, -0.2) is 0 Å². The summed E-state index contributed by atoms with van der Waals surface area (Å²) < 4.78 is 5.39. The predicted molar refractivity (Wildman–Crippen MR) is 147 cm³/mol. The van der Waals surface area contributed by atoms with E-state index in [1.165, 1.54) is 44.1 Å². The zero-order chi connectivity index (χ0) is 25.8. The average molecular weight is 511 g/mol. The molecule has 1 heterocycles. The van der Waals surface area contributed by atoms with Crippen molar-refractivity contribution in [2.75, 3.05) is 39.8 Å². The Morgan fingerprint density at radius 2 is 1.65 bits per heavy atom. The molecule has 5 fully saturated rings. The first-order valence-electron chi connectivity index (χ1n) is 15.2. The van der Waals surface area contributed by atoms with E-state index in [0.29, 0.717) is 17.3 Å². The smallest absolute Gasteiger partial charge is 0.119 e. The molecule has 0 aromatic heterocycles. The lowest BCUT2D eigenvalue weighted by atomic mass is 9.44. The van der Waals surface area contributed by atoms with Crippen LogP contribution in [-0.4, -0.2) is 71.6 Å². The van der Waals surface area contributed by atoms with Crippen LogP contribution in [0.4, 0.5) is 0 Å². The molecule has 5 aliphatic rings. The topological polar surface area (TPSA) is 56.2 Å². The standard InChI is InChI=1S/C32H50N2O3/c1-30-13-14-32(36,22-34-17-15-33(16-18-34)21-23-5-4-6-25(19-23)37-3)20-24(30)7-8-26-27-9-10-29(35)31(27,2)12-11-28(26)30/h4-6,19,24,26-29,35-36H,7-18,20-22H2,1-3H3/t24-,26-,27-,28-,29-,30-,31-,32+/m0/s1. The van der Waals surface area contributed by atoms with Crippen molar-refractivity contribution >= 4 is 0 Å². The monoisotopic (exact) mass is 510 g/mol. The first kappa shape index (κ1) is 26.1. The SMILES string of the molecule is COc1cccc(CN2CCN(C[C@@]3(O)CC[C@@]4(C)[C@@H](CC[C@@H]5[C@@H]4CC[C@]4(C)[C@@H](O)CC[C@@H]54)C3)CC2)c1. The summed E-state index contributed by atoms with van der Waals surface area (Å²) in [4.78, 5) is 5.06. The number of aliphatic hydroxyl groups excluding tert-OH is 1. The molecule has 0 amide bonds. The summed E-state index contributed by atoms with van der Waals surface area (Å²) in [5.74, 6) is 3.88. The molecule has 0 bridgehead atoms. The highest BCUT2D eigenvalue weighted by molar-refractivity contribution is 5.28. The van der Waals surface area contributed by atoms with E-state index in [4.69, 9.17) is 4.74 Å². The van der Waals surface area contributed by atoms with Gasteiger partial charge in [0, 0.05) is 39.3 Å². The van der Waals surface area contributed by atoms with E-state index >= 15 is 0 Å². The minimum Gasteiger partial charge on any atom is -0.497 e. The molecule has 5 nitrogen and oxygen atoms in total.